The normalized spacial score (nSPS) is 20.0. The van der Waals surface area contributed by atoms with E-state index in [0.717, 1.165) is 17.0 Å². The first-order chi connectivity index (χ1) is 9.50. The summed E-state index contributed by atoms with van der Waals surface area (Å²) in [5.41, 5.74) is 5.77. The SMILES string of the molecule is Nc1ccc(S(=O)(=O)O)cc1N1CC(S(N)(=O)=O)CC1=O. The smallest absolute Gasteiger partial charge is 0.294 e. The Balaban J connectivity index is 2.46. The van der Waals surface area contributed by atoms with Crippen LogP contribution >= 0.6 is 0 Å². The van der Waals surface area contributed by atoms with Crippen LogP contribution in [0.1, 0.15) is 6.42 Å². The predicted octanol–water partition coefficient (Wildman–Crippen LogP) is -1.09. The highest BCUT2D eigenvalue weighted by molar-refractivity contribution is 7.89. The standard InChI is InChI=1S/C10H13N3O6S2/c11-8-2-1-6(21(17,18)19)3-9(8)13-5-7(4-10(13)14)20(12,15)16/h1-3,7H,4-5,11H2,(H2,12,15,16)(H,17,18,19). The summed E-state index contributed by atoms with van der Waals surface area (Å²) in [6.45, 7) is -0.225. The molecule has 11 heteroatoms. The molecule has 1 aromatic carbocycles. The molecule has 1 aliphatic rings. The van der Waals surface area contributed by atoms with Crippen LogP contribution in [0.2, 0.25) is 0 Å². The van der Waals surface area contributed by atoms with Gasteiger partial charge in [-0.1, -0.05) is 0 Å². The highest BCUT2D eigenvalue weighted by Gasteiger charge is 2.38. The number of amides is 1. The summed E-state index contributed by atoms with van der Waals surface area (Å²) < 4.78 is 53.8. The largest absolute Gasteiger partial charge is 0.397 e. The van der Waals surface area contributed by atoms with Crippen LogP contribution in [0, 0.1) is 0 Å². The minimum absolute atomic E-state index is 0.0151. The second-order valence-corrected chi connectivity index (χ2v) is 7.88. The monoisotopic (exact) mass is 335 g/mol. The first-order valence-corrected chi connectivity index (χ1v) is 8.74. The Morgan fingerprint density at radius 3 is 2.33 bits per heavy atom. The number of nitrogens with two attached hydrogens (primary N) is 2. The summed E-state index contributed by atoms with van der Waals surface area (Å²) in [5, 5.41) is 3.92. The van der Waals surface area contributed by atoms with Gasteiger partial charge in [0.2, 0.25) is 15.9 Å². The molecular weight excluding hydrogens is 322 g/mol. The van der Waals surface area contributed by atoms with Crippen molar-refractivity contribution >= 4 is 37.4 Å². The van der Waals surface area contributed by atoms with E-state index in [1.165, 1.54) is 6.07 Å². The van der Waals surface area contributed by atoms with Gasteiger partial charge < -0.3 is 10.6 Å². The van der Waals surface area contributed by atoms with Gasteiger partial charge in [0, 0.05) is 13.0 Å². The number of rotatable bonds is 3. The van der Waals surface area contributed by atoms with Gasteiger partial charge in [0.1, 0.15) is 5.25 Å². The lowest BCUT2D eigenvalue weighted by atomic mass is 10.2. The van der Waals surface area contributed by atoms with E-state index in [4.69, 9.17) is 15.4 Å². The first-order valence-electron chi connectivity index (χ1n) is 5.69. The third kappa shape index (κ3) is 3.15. The molecule has 1 unspecified atom stereocenters. The van der Waals surface area contributed by atoms with E-state index < -0.39 is 36.2 Å². The number of carbonyl (C=O) groups excluding carboxylic acids is 1. The Morgan fingerprint density at radius 2 is 1.86 bits per heavy atom. The van der Waals surface area contributed by atoms with Crippen LogP contribution in [0.5, 0.6) is 0 Å². The summed E-state index contributed by atoms with van der Waals surface area (Å²) in [6.07, 6.45) is -0.311. The van der Waals surface area contributed by atoms with Crippen molar-refractivity contribution in [3.8, 4) is 0 Å². The number of primary sulfonamides is 1. The second-order valence-electron chi connectivity index (χ2n) is 4.62. The number of sulfonamides is 1. The molecule has 1 atom stereocenters. The van der Waals surface area contributed by atoms with Gasteiger partial charge in [0.05, 0.1) is 16.3 Å². The van der Waals surface area contributed by atoms with Crippen LogP contribution in [-0.4, -0.2) is 39.1 Å². The Hall–Kier alpha value is -1.69. The van der Waals surface area contributed by atoms with Crippen molar-refractivity contribution in [2.24, 2.45) is 5.14 Å². The van der Waals surface area contributed by atoms with Crippen LogP contribution in [0.15, 0.2) is 23.1 Å². The number of benzene rings is 1. The first kappa shape index (κ1) is 15.7. The molecule has 116 valence electrons. The number of carbonyl (C=O) groups is 1. The minimum atomic E-state index is -4.47. The van der Waals surface area contributed by atoms with Gasteiger partial charge in [0.25, 0.3) is 10.1 Å². The number of nitrogens with zero attached hydrogens (tertiary/aromatic N) is 1. The maximum atomic E-state index is 11.9. The highest BCUT2D eigenvalue weighted by atomic mass is 32.2. The average Bonchev–Trinajstić information content (AvgIpc) is 2.70. The predicted molar refractivity (Wildman–Crippen MR) is 74.5 cm³/mol. The third-order valence-electron chi connectivity index (χ3n) is 3.14. The number of hydrogen-bond acceptors (Lipinski definition) is 6. The Bertz CT molecular complexity index is 802. The summed E-state index contributed by atoms with van der Waals surface area (Å²) >= 11 is 0. The van der Waals surface area contributed by atoms with Crippen LogP contribution in [0.3, 0.4) is 0 Å². The maximum Gasteiger partial charge on any atom is 0.294 e. The summed E-state index contributed by atoms with van der Waals surface area (Å²) in [4.78, 5) is 12.5. The fourth-order valence-electron chi connectivity index (χ4n) is 2.05. The fraction of sp³-hybridized carbons (Fsp3) is 0.300. The van der Waals surface area contributed by atoms with Gasteiger partial charge >= 0.3 is 0 Å². The van der Waals surface area contributed by atoms with Crippen molar-refractivity contribution in [1.29, 1.82) is 0 Å². The zero-order valence-corrected chi connectivity index (χ0v) is 12.3. The molecule has 9 nitrogen and oxygen atoms in total. The van der Waals surface area contributed by atoms with E-state index in [2.05, 4.69) is 0 Å². The molecule has 0 aromatic heterocycles. The molecule has 5 N–H and O–H groups in total. The molecular formula is C10H13N3O6S2. The molecule has 2 rings (SSSR count). The molecule has 0 saturated carbocycles. The lowest BCUT2D eigenvalue weighted by Gasteiger charge is -2.19. The molecule has 1 aromatic rings. The Kier molecular flexibility index (Phi) is 3.70. The second kappa shape index (κ2) is 4.94. The Morgan fingerprint density at radius 1 is 1.24 bits per heavy atom. The molecule has 1 heterocycles. The Labute approximate surface area is 121 Å². The third-order valence-corrected chi connectivity index (χ3v) is 5.24. The lowest BCUT2D eigenvalue weighted by molar-refractivity contribution is -0.117. The van der Waals surface area contributed by atoms with E-state index in [-0.39, 0.29) is 24.3 Å². The van der Waals surface area contributed by atoms with E-state index >= 15 is 0 Å². The molecule has 0 radical (unpaired) electrons. The number of anilines is 2. The molecule has 0 aliphatic carbocycles. The minimum Gasteiger partial charge on any atom is -0.397 e. The lowest BCUT2D eigenvalue weighted by Crippen LogP contribution is -2.32. The molecule has 1 amide bonds. The number of nitrogen functional groups attached to an aromatic ring is 1. The molecule has 0 bridgehead atoms. The van der Waals surface area contributed by atoms with Crippen LogP contribution < -0.4 is 15.8 Å². The van der Waals surface area contributed by atoms with Crippen molar-refractivity contribution < 1.29 is 26.2 Å². The summed E-state index contributed by atoms with van der Waals surface area (Å²) in [7, 11) is -8.37. The van der Waals surface area contributed by atoms with Gasteiger partial charge in [-0.3, -0.25) is 9.35 Å². The van der Waals surface area contributed by atoms with Crippen LogP contribution in [-0.2, 0) is 24.9 Å². The molecule has 0 spiro atoms. The zero-order chi connectivity index (χ0) is 16.0. The molecule has 1 fully saturated rings. The van der Waals surface area contributed by atoms with E-state index in [1.54, 1.807) is 0 Å². The van der Waals surface area contributed by atoms with Crippen molar-refractivity contribution in [3.05, 3.63) is 18.2 Å². The van der Waals surface area contributed by atoms with Crippen LogP contribution in [0.4, 0.5) is 11.4 Å². The van der Waals surface area contributed by atoms with Crippen molar-refractivity contribution in [3.63, 3.8) is 0 Å². The van der Waals surface area contributed by atoms with E-state index in [9.17, 15) is 21.6 Å². The van der Waals surface area contributed by atoms with Crippen LogP contribution in [0.25, 0.3) is 0 Å². The average molecular weight is 335 g/mol. The van der Waals surface area contributed by atoms with E-state index in [1.807, 2.05) is 0 Å². The van der Waals surface area contributed by atoms with E-state index in [0.29, 0.717) is 0 Å². The summed E-state index contributed by atoms with van der Waals surface area (Å²) in [5.74, 6) is -0.548. The van der Waals surface area contributed by atoms with Gasteiger partial charge in [-0.15, -0.1) is 0 Å². The van der Waals surface area contributed by atoms with Gasteiger partial charge in [0.15, 0.2) is 0 Å². The topological polar surface area (TPSA) is 161 Å². The fourth-order valence-corrected chi connectivity index (χ4v) is 3.28. The molecule has 21 heavy (non-hydrogen) atoms. The zero-order valence-electron chi connectivity index (χ0n) is 10.6. The van der Waals surface area contributed by atoms with Crippen molar-refractivity contribution in [2.75, 3.05) is 17.2 Å². The molecule has 1 saturated heterocycles. The highest BCUT2D eigenvalue weighted by Crippen LogP contribution is 2.31. The van der Waals surface area contributed by atoms with Crippen molar-refractivity contribution in [2.45, 2.75) is 16.6 Å². The molecule has 1 aliphatic heterocycles. The van der Waals surface area contributed by atoms with Gasteiger partial charge in [-0.2, -0.15) is 8.42 Å². The maximum absolute atomic E-state index is 11.9. The number of hydrogen-bond donors (Lipinski definition) is 3. The van der Waals surface area contributed by atoms with Gasteiger partial charge in [-0.05, 0) is 18.2 Å². The van der Waals surface area contributed by atoms with Crippen molar-refractivity contribution in [1.82, 2.24) is 0 Å². The van der Waals surface area contributed by atoms with Gasteiger partial charge in [-0.25, -0.2) is 13.6 Å². The quantitative estimate of drug-likeness (QED) is 0.467. The summed E-state index contributed by atoms with van der Waals surface area (Å²) in [6, 6.07) is 3.29.